The van der Waals surface area contributed by atoms with Crippen LogP contribution in [0.1, 0.15) is 5.56 Å². The van der Waals surface area contributed by atoms with E-state index in [1.165, 1.54) is 12.3 Å². The molecule has 1 aromatic carbocycles. The van der Waals surface area contributed by atoms with Gasteiger partial charge in [0.1, 0.15) is 5.82 Å². The molecule has 17 heavy (non-hydrogen) atoms. The number of benzene rings is 1. The molecule has 1 N–H and O–H groups in total. The summed E-state index contributed by atoms with van der Waals surface area (Å²) in [5.41, 5.74) is 1.76. The van der Waals surface area contributed by atoms with E-state index in [4.69, 9.17) is 0 Å². The monoisotopic (exact) mass is 358 g/mol. The lowest BCUT2D eigenvalue weighted by Crippen LogP contribution is -2.00. The van der Waals surface area contributed by atoms with Gasteiger partial charge in [-0.2, -0.15) is 0 Å². The second-order valence-electron chi connectivity index (χ2n) is 3.49. The van der Waals surface area contributed by atoms with Crippen molar-refractivity contribution in [1.29, 1.82) is 0 Å². The van der Waals surface area contributed by atoms with Crippen LogP contribution in [0.15, 0.2) is 45.6 Å². The Morgan fingerprint density at radius 3 is 2.71 bits per heavy atom. The predicted octanol–water partition coefficient (Wildman–Crippen LogP) is 4.36. The molecule has 2 rings (SSSR count). The van der Waals surface area contributed by atoms with E-state index in [0.29, 0.717) is 6.54 Å². The number of rotatable bonds is 3. The van der Waals surface area contributed by atoms with Crippen LogP contribution in [0.4, 0.5) is 10.1 Å². The van der Waals surface area contributed by atoms with Crippen molar-refractivity contribution in [2.24, 2.45) is 0 Å². The molecular weight excluding hydrogens is 351 g/mol. The zero-order valence-corrected chi connectivity index (χ0v) is 11.9. The van der Waals surface area contributed by atoms with Crippen LogP contribution in [0, 0.1) is 5.82 Å². The van der Waals surface area contributed by atoms with Crippen LogP contribution in [0.25, 0.3) is 0 Å². The number of nitrogens with one attached hydrogen (secondary N) is 1. The third-order valence-electron chi connectivity index (χ3n) is 2.18. The molecule has 0 aliphatic heterocycles. The van der Waals surface area contributed by atoms with Gasteiger partial charge in [0, 0.05) is 27.4 Å². The van der Waals surface area contributed by atoms with Crippen molar-refractivity contribution in [2.45, 2.75) is 6.54 Å². The highest BCUT2D eigenvalue weighted by atomic mass is 79.9. The summed E-state index contributed by atoms with van der Waals surface area (Å²) in [6.45, 7) is 0.533. The Morgan fingerprint density at radius 2 is 2.00 bits per heavy atom. The molecule has 0 aliphatic carbocycles. The van der Waals surface area contributed by atoms with Gasteiger partial charge in [-0.25, -0.2) is 4.39 Å². The fraction of sp³-hybridized carbons (Fsp3) is 0.0833. The number of hydrogen-bond donors (Lipinski definition) is 1. The van der Waals surface area contributed by atoms with Gasteiger partial charge in [-0.15, -0.1) is 0 Å². The predicted molar refractivity (Wildman–Crippen MR) is 73.4 cm³/mol. The molecule has 1 heterocycles. The van der Waals surface area contributed by atoms with Crippen LogP contribution in [-0.4, -0.2) is 4.98 Å². The van der Waals surface area contributed by atoms with Crippen molar-refractivity contribution < 1.29 is 4.39 Å². The molecule has 1 aromatic heterocycles. The van der Waals surface area contributed by atoms with Crippen molar-refractivity contribution in [3.63, 3.8) is 0 Å². The van der Waals surface area contributed by atoms with Gasteiger partial charge in [0.15, 0.2) is 0 Å². The summed E-state index contributed by atoms with van der Waals surface area (Å²) in [6, 6.07) is 7.30. The topological polar surface area (TPSA) is 24.9 Å². The summed E-state index contributed by atoms with van der Waals surface area (Å²) in [6.07, 6.45) is 2.84. The van der Waals surface area contributed by atoms with Crippen LogP contribution in [-0.2, 0) is 6.54 Å². The lowest BCUT2D eigenvalue weighted by atomic mass is 10.2. The molecule has 2 aromatic rings. The maximum Gasteiger partial charge on any atom is 0.141 e. The molecule has 0 aliphatic rings. The number of anilines is 1. The average molecular weight is 360 g/mol. The Kier molecular flexibility index (Phi) is 4.12. The van der Waals surface area contributed by atoms with Crippen molar-refractivity contribution in [3.05, 3.63) is 57.0 Å². The summed E-state index contributed by atoms with van der Waals surface area (Å²) in [4.78, 5) is 3.80. The second-order valence-corrected chi connectivity index (χ2v) is 5.26. The Labute approximate surface area is 116 Å². The minimum atomic E-state index is -0.320. The lowest BCUT2D eigenvalue weighted by molar-refractivity contribution is 0.619. The van der Waals surface area contributed by atoms with Crippen molar-refractivity contribution in [1.82, 2.24) is 4.98 Å². The molecule has 2 nitrogen and oxygen atoms in total. The van der Waals surface area contributed by atoms with E-state index in [1.807, 2.05) is 18.2 Å². The minimum Gasteiger partial charge on any atom is -0.380 e. The molecule has 0 radical (unpaired) electrons. The van der Waals surface area contributed by atoms with Gasteiger partial charge in [-0.3, -0.25) is 4.98 Å². The highest BCUT2D eigenvalue weighted by molar-refractivity contribution is 9.11. The van der Waals surface area contributed by atoms with Crippen LogP contribution in [0.5, 0.6) is 0 Å². The van der Waals surface area contributed by atoms with Gasteiger partial charge in [0.25, 0.3) is 0 Å². The average Bonchev–Trinajstić information content (AvgIpc) is 2.28. The van der Waals surface area contributed by atoms with Gasteiger partial charge in [0.2, 0.25) is 0 Å². The summed E-state index contributed by atoms with van der Waals surface area (Å²) in [7, 11) is 0. The second kappa shape index (κ2) is 5.60. The third-order valence-corrected chi connectivity index (χ3v) is 3.32. The van der Waals surface area contributed by atoms with E-state index >= 15 is 0 Å². The summed E-state index contributed by atoms with van der Waals surface area (Å²) in [5.74, 6) is -0.320. The van der Waals surface area contributed by atoms with E-state index in [2.05, 4.69) is 42.2 Å². The number of nitrogens with zero attached hydrogens (tertiary/aromatic N) is 1. The minimum absolute atomic E-state index is 0.320. The Morgan fingerprint density at radius 1 is 1.18 bits per heavy atom. The molecular formula is C12H9Br2FN2. The molecule has 5 heteroatoms. The van der Waals surface area contributed by atoms with E-state index < -0.39 is 0 Å². The van der Waals surface area contributed by atoms with Gasteiger partial charge in [0.05, 0.1) is 6.20 Å². The van der Waals surface area contributed by atoms with Crippen LogP contribution in [0.2, 0.25) is 0 Å². The smallest absolute Gasteiger partial charge is 0.141 e. The highest BCUT2D eigenvalue weighted by Gasteiger charge is 2.01. The van der Waals surface area contributed by atoms with E-state index in [9.17, 15) is 4.39 Å². The van der Waals surface area contributed by atoms with Crippen molar-refractivity contribution in [2.75, 3.05) is 5.32 Å². The van der Waals surface area contributed by atoms with Crippen LogP contribution < -0.4 is 5.32 Å². The maximum absolute atomic E-state index is 12.9. The van der Waals surface area contributed by atoms with Gasteiger partial charge < -0.3 is 5.32 Å². The molecule has 0 spiro atoms. The molecule has 0 saturated carbocycles. The van der Waals surface area contributed by atoms with E-state index in [0.717, 1.165) is 20.2 Å². The zero-order chi connectivity index (χ0) is 12.3. The fourth-order valence-electron chi connectivity index (χ4n) is 1.38. The summed E-state index contributed by atoms with van der Waals surface area (Å²) >= 11 is 6.84. The summed E-state index contributed by atoms with van der Waals surface area (Å²) < 4.78 is 14.9. The van der Waals surface area contributed by atoms with Crippen molar-refractivity contribution in [3.8, 4) is 0 Å². The standard InChI is InChI=1S/C12H9Br2FN2/c13-9-1-2-12(11(14)4-9)17-6-8-3-10(15)7-16-5-8/h1-5,7,17H,6H2. The number of halogens is 3. The first kappa shape index (κ1) is 12.5. The zero-order valence-electron chi connectivity index (χ0n) is 8.75. The molecule has 88 valence electrons. The van der Waals surface area contributed by atoms with Crippen LogP contribution in [0.3, 0.4) is 0 Å². The lowest BCUT2D eigenvalue weighted by Gasteiger charge is -2.08. The first-order chi connectivity index (χ1) is 8.15. The van der Waals surface area contributed by atoms with E-state index in [-0.39, 0.29) is 5.82 Å². The largest absolute Gasteiger partial charge is 0.380 e. The quantitative estimate of drug-likeness (QED) is 0.880. The first-order valence-corrected chi connectivity index (χ1v) is 6.52. The molecule has 0 unspecified atom stereocenters. The molecule has 0 fully saturated rings. The molecule has 0 saturated heterocycles. The first-order valence-electron chi connectivity index (χ1n) is 4.93. The molecule has 0 atom stereocenters. The SMILES string of the molecule is Fc1cncc(CNc2ccc(Br)cc2Br)c1. The number of pyridine rings is 1. The highest BCUT2D eigenvalue weighted by Crippen LogP contribution is 2.26. The van der Waals surface area contributed by atoms with Gasteiger partial charge >= 0.3 is 0 Å². The maximum atomic E-state index is 12.9. The normalized spacial score (nSPS) is 10.3. The molecule has 0 amide bonds. The Bertz CT molecular complexity index is 532. The summed E-state index contributed by atoms with van der Waals surface area (Å²) in [5, 5.41) is 3.21. The number of hydrogen-bond acceptors (Lipinski definition) is 2. The fourth-order valence-corrected chi connectivity index (χ4v) is 2.57. The van der Waals surface area contributed by atoms with E-state index in [1.54, 1.807) is 6.20 Å². The van der Waals surface area contributed by atoms with Crippen LogP contribution >= 0.6 is 31.9 Å². The number of aromatic nitrogens is 1. The Hall–Kier alpha value is -0.940. The third kappa shape index (κ3) is 3.51. The van der Waals surface area contributed by atoms with Gasteiger partial charge in [-0.05, 0) is 45.8 Å². The molecule has 0 bridgehead atoms. The van der Waals surface area contributed by atoms with Gasteiger partial charge in [-0.1, -0.05) is 15.9 Å². The van der Waals surface area contributed by atoms with Crippen molar-refractivity contribution >= 4 is 37.5 Å². The Balaban J connectivity index is 2.07.